The molecule has 0 unspecified atom stereocenters. The summed E-state index contributed by atoms with van der Waals surface area (Å²) in [5.41, 5.74) is 10.6. The lowest BCUT2D eigenvalue weighted by Gasteiger charge is -2.22. The Morgan fingerprint density at radius 2 is 0.830 bits per heavy atom. The molecular weight excluding hydrogens is 565 g/mol. The minimum Gasteiger partial charge on any atom is -0.0619 e. The van der Waals surface area contributed by atoms with E-state index in [0.29, 0.717) is 0 Å². The minimum atomic E-state index is -0.0389. The molecule has 0 saturated carbocycles. The van der Waals surface area contributed by atoms with Crippen molar-refractivity contribution < 1.29 is 0 Å². The van der Waals surface area contributed by atoms with Gasteiger partial charge in [0.25, 0.3) is 0 Å². The van der Waals surface area contributed by atoms with Gasteiger partial charge in [0.1, 0.15) is 0 Å². The smallest absolute Gasteiger partial charge is 0.0159 e. The molecule has 0 N–H and O–H groups in total. The van der Waals surface area contributed by atoms with Crippen LogP contribution in [0, 0.1) is 0 Å². The first-order valence-electron chi connectivity index (χ1n) is 16.6. The van der Waals surface area contributed by atoms with E-state index in [0.717, 1.165) is 0 Å². The molecule has 0 fully saturated rings. The molecule has 220 valence electrons. The molecule has 0 spiro atoms. The highest BCUT2D eigenvalue weighted by molar-refractivity contribution is 6.27. The van der Waals surface area contributed by atoms with Crippen molar-refractivity contribution in [2.45, 2.75) is 19.3 Å². The van der Waals surface area contributed by atoms with Gasteiger partial charge in [-0.25, -0.2) is 0 Å². The first kappa shape index (κ1) is 26.5. The third-order valence-corrected chi connectivity index (χ3v) is 10.9. The summed E-state index contributed by atoms with van der Waals surface area (Å²) < 4.78 is 0. The highest BCUT2D eigenvalue weighted by Gasteiger charge is 2.35. The van der Waals surface area contributed by atoms with Crippen molar-refractivity contribution in [3.05, 3.63) is 169 Å². The van der Waals surface area contributed by atoms with Gasteiger partial charge in [-0.15, -0.1) is 0 Å². The van der Waals surface area contributed by atoms with Crippen molar-refractivity contribution in [2.75, 3.05) is 0 Å². The quantitative estimate of drug-likeness (QED) is 0.174. The topological polar surface area (TPSA) is 0 Å². The monoisotopic (exact) mass is 596 g/mol. The van der Waals surface area contributed by atoms with Crippen LogP contribution in [0.5, 0.6) is 0 Å². The Kier molecular flexibility index (Phi) is 5.44. The molecule has 10 rings (SSSR count). The summed E-state index contributed by atoms with van der Waals surface area (Å²) in [5, 5.41) is 13.0. The van der Waals surface area contributed by atoms with Gasteiger partial charge in [-0.3, -0.25) is 0 Å². The van der Waals surface area contributed by atoms with Crippen LogP contribution in [0.2, 0.25) is 0 Å². The number of rotatable bonds is 2. The van der Waals surface area contributed by atoms with Crippen LogP contribution < -0.4 is 0 Å². The molecule has 47 heavy (non-hydrogen) atoms. The van der Waals surface area contributed by atoms with Crippen LogP contribution in [0.1, 0.15) is 25.0 Å². The van der Waals surface area contributed by atoms with Gasteiger partial charge in [0.15, 0.2) is 0 Å². The van der Waals surface area contributed by atoms with E-state index in [1.807, 2.05) is 0 Å². The second-order valence-corrected chi connectivity index (χ2v) is 13.7. The average Bonchev–Trinajstić information content (AvgIpc) is 3.35. The zero-order valence-corrected chi connectivity index (χ0v) is 26.5. The summed E-state index contributed by atoms with van der Waals surface area (Å²) in [6.45, 7) is 4.75. The maximum Gasteiger partial charge on any atom is 0.0159 e. The molecule has 0 atom stereocenters. The van der Waals surface area contributed by atoms with Crippen LogP contribution in [-0.4, -0.2) is 0 Å². The SMILES string of the molecule is CC1(C)c2ccccc2-c2cc3c4ccccc4c4cc(-c5ccc(-c6cccc7ccccc67)c6ccccc56)ccc4c3cc21. The van der Waals surface area contributed by atoms with E-state index in [1.54, 1.807) is 0 Å². The van der Waals surface area contributed by atoms with Gasteiger partial charge in [0.2, 0.25) is 0 Å². The number of benzene rings is 9. The molecule has 0 aliphatic heterocycles. The molecular formula is C47H32. The van der Waals surface area contributed by atoms with Gasteiger partial charge in [0.05, 0.1) is 0 Å². The summed E-state index contributed by atoms with van der Waals surface area (Å²) in [6, 6.07) is 58.9. The molecule has 0 aromatic heterocycles. The van der Waals surface area contributed by atoms with Gasteiger partial charge >= 0.3 is 0 Å². The first-order chi connectivity index (χ1) is 23.1. The third kappa shape index (κ3) is 3.70. The van der Waals surface area contributed by atoms with Crippen molar-refractivity contribution in [2.24, 2.45) is 0 Å². The number of fused-ring (bicyclic) bond motifs is 11. The lowest BCUT2D eigenvalue weighted by Crippen LogP contribution is -2.14. The van der Waals surface area contributed by atoms with Gasteiger partial charge < -0.3 is 0 Å². The molecule has 0 bridgehead atoms. The van der Waals surface area contributed by atoms with Gasteiger partial charge in [-0.05, 0) is 117 Å². The van der Waals surface area contributed by atoms with Crippen LogP contribution >= 0.6 is 0 Å². The minimum absolute atomic E-state index is 0.0389. The lowest BCUT2D eigenvalue weighted by molar-refractivity contribution is 0.661. The molecule has 1 aliphatic carbocycles. The molecule has 0 saturated heterocycles. The number of hydrogen-bond donors (Lipinski definition) is 0. The van der Waals surface area contributed by atoms with E-state index in [-0.39, 0.29) is 5.41 Å². The molecule has 0 heteroatoms. The Hall–Kier alpha value is -5.72. The Balaban J connectivity index is 1.22. The van der Waals surface area contributed by atoms with E-state index >= 15 is 0 Å². The maximum absolute atomic E-state index is 2.49. The Morgan fingerprint density at radius 3 is 1.64 bits per heavy atom. The summed E-state index contributed by atoms with van der Waals surface area (Å²) in [6.07, 6.45) is 0. The molecule has 9 aromatic rings. The second-order valence-electron chi connectivity index (χ2n) is 13.7. The Bertz CT molecular complexity index is 2750. The zero-order valence-electron chi connectivity index (χ0n) is 26.5. The van der Waals surface area contributed by atoms with Crippen molar-refractivity contribution in [1.29, 1.82) is 0 Å². The second kappa shape index (κ2) is 9.64. The molecule has 0 heterocycles. The fourth-order valence-corrected chi connectivity index (χ4v) is 8.56. The summed E-state index contributed by atoms with van der Waals surface area (Å²) in [5.74, 6) is 0. The van der Waals surface area contributed by atoms with Crippen molar-refractivity contribution in [3.63, 3.8) is 0 Å². The van der Waals surface area contributed by atoms with E-state index < -0.39 is 0 Å². The fraction of sp³-hybridized carbons (Fsp3) is 0.0638. The van der Waals surface area contributed by atoms with Crippen molar-refractivity contribution in [1.82, 2.24) is 0 Å². The van der Waals surface area contributed by atoms with Crippen LogP contribution in [0.3, 0.4) is 0 Å². The standard InChI is InChI=1S/C47H32/c1-47(2)45-21-10-9-19-40(45)44-27-42-37-18-8-7-17-36(37)41-26-30(22-23-39(41)43(42)28-46(44)47)32-24-25-38(35-16-6-5-15-33(32)35)34-20-11-13-29-12-3-4-14-31(29)34/h3-28H,1-2H3. The van der Waals surface area contributed by atoms with Crippen molar-refractivity contribution in [3.8, 4) is 33.4 Å². The largest absolute Gasteiger partial charge is 0.0619 e. The van der Waals surface area contributed by atoms with Gasteiger partial charge in [-0.2, -0.15) is 0 Å². The molecule has 0 nitrogen and oxygen atoms in total. The lowest BCUT2D eigenvalue weighted by atomic mass is 9.81. The Labute approximate surface area is 274 Å². The third-order valence-electron chi connectivity index (χ3n) is 10.9. The van der Waals surface area contributed by atoms with Gasteiger partial charge in [-0.1, -0.05) is 153 Å². The van der Waals surface area contributed by atoms with Crippen LogP contribution in [0.4, 0.5) is 0 Å². The highest BCUT2D eigenvalue weighted by Crippen LogP contribution is 2.51. The average molecular weight is 597 g/mol. The normalized spacial score (nSPS) is 13.5. The maximum atomic E-state index is 2.49. The fourth-order valence-electron chi connectivity index (χ4n) is 8.56. The predicted octanol–water partition coefficient (Wildman–Crippen LogP) is 13.1. The molecule has 0 radical (unpaired) electrons. The summed E-state index contributed by atoms with van der Waals surface area (Å²) in [7, 11) is 0. The first-order valence-corrected chi connectivity index (χ1v) is 16.6. The highest BCUT2D eigenvalue weighted by atomic mass is 14.4. The van der Waals surface area contributed by atoms with E-state index in [9.17, 15) is 0 Å². The van der Waals surface area contributed by atoms with E-state index in [4.69, 9.17) is 0 Å². The van der Waals surface area contributed by atoms with E-state index in [2.05, 4.69) is 172 Å². The van der Waals surface area contributed by atoms with Crippen LogP contribution in [-0.2, 0) is 5.41 Å². The predicted molar refractivity (Wildman–Crippen MR) is 202 cm³/mol. The molecule has 0 amide bonds. The van der Waals surface area contributed by atoms with Crippen molar-refractivity contribution >= 4 is 53.9 Å². The van der Waals surface area contributed by atoms with Crippen LogP contribution in [0.15, 0.2) is 158 Å². The molecule has 9 aromatic carbocycles. The van der Waals surface area contributed by atoms with Gasteiger partial charge in [0, 0.05) is 5.41 Å². The number of hydrogen-bond acceptors (Lipinski definition) is 0. The molecule has 1 aliphatic rings. The zero-order chi connectivity index (χ0) is 31.3. The summed E-state index contributed by atoms with van der Waals surface area (Å²) in [4.78, 5) is 0. The summed E-state index contributed by atoms with van der Waals surface area (Å²) >= 11 is 0. The van der Waals surface area contributed by atoms with E-state index in [1.165, 1.54) is 98.4 Å². The van der Waals surface area contributed by atoms with Crippen LogP contribution in [0.25, 0.3) is 87.2 Å². The Morgan fingerprint density at radius 1 is 0.298 bits per heavy atom.